The first-order valence-electron chi connectivity index (χ1n) is 6.88. The van der Waals surface area contributed by atoms with E-state index in [2.05, 4.69) is 17.2 Å². The van der Waals surface area contributed by atoms with Gasteiger partial charge in [-0.3, -0.25) is 0 Å². The summed E-state index contributed by atoms with van der Waals surface area (Å²) in [6.45, 7) is 0.688. The fraction of sp³-hybridized carbons (Fsp3) is 0.438. The standard InChI is InChI=1S/C16H21NO3/c18-12-4-2-1-3-7-14-8-5-9-15(13-14)10-6-11-17-16(19)20/h5,8-9,13,17-18H,1-2,4,6,10-12H2,(H,19,20). The van der Waals surface area contributed by atoms with Crippen molar-refractivity contribution in [2.24, 2.45) is 0 Å². The predicted octanol–water partition coefficient (Wildman–Crippen LogP) is 2.40. The molecule has 0 saturated heterocycles. The Hall–Kier alpha value is -1.99. The molecule has 20 heavy (non-hydrogen) atoms. The van der Waals surface area contributed by atoms with E-state index in [0.717, 1.165) is 37.7 Å². The summed E-state index contributed by atoms with van der Waals surface area (Å²) in [7, 11) is 0. The number of carboxylic acid groups (broad SMARTS) is 1. The normalized spacial score (nSPS) is 9.65. The second kappa shape index (κ2) is 9.88. The van der Waals surface area contributed by atoms with Gasteiger partial charge in [-0.1, -0.05) is 24.0 Å². The maximum atomic E-state index is 10.3. The maximum Gasteiger partial charge on any atom is 0.404 e. The van der Waals surface area contributed by atoms with E-state index < -0.39 is 6.09 Å². The van der Waals surface area contributed by atoms with Crippen LogP contribution in [0.2, 0.25) is 0 Å². The molecular formula is C16H21NO3. The molecule has 3 N–H and O–H groups in total. The number of unbranched alkanes of at least 4 members (excludes halogenated alkanes) is 2. The zero-order valence-electron chi connectivity index (χ0n) is 11.6. The lowest BCUT2D eigenvalue weighted by Gasteiger charge is -2.02. The molecule has 0 unspecified atom stereocenters. The first-order valence-corrected chi connectivity index (χ1v) is 6.88. The summed E-state index contributed by atoms with van der Waals surface area (Å²) in [5.41, 5.74) is 2.15. The molecular weight excluding hydrogens is 254 g/mol. The van der Waals surface area contributed by atoms with E-state index in [0.29, 0.717) is 6.54 Å². The van der Waals surface area contributed by atoms with Crippen molar-refractivity contribution in [3.05, 3.63) is 35.4 Å². The molecule has 0 aliphatic heterocycles. The van der Waals surface area contributed by atoms with Crippen molar-refractivity contribution in [3.63, 3.8) is 0 Å². The first kappa shape index (κ1) is 16.1. The van der Waals surface area contributed by atoms with Crippen molar-refractivity contribution in [1.82, 2.24) is 5.32 Å². The van der Waals surface area contributed by atoms with E-state index in [4.69, 9.17) is 10.2 Å². The fourth-order valence-electron chi connectivity index (χ4n) is 1.78. The monoisotopic (exact) mass is 275 g/mol. The van der Waals surface area contributed by atoms with Gasteiger partial charge in [0.25, 0.3) is 0 Å². The molecule has 0 aromatic heterocycles. The van der Waals surface area contributed by atoms with E-state index in [9.17, 15) is 4.79 Å². The summed E-state index contributed by atoms with van der Waals surface area (Å²) in [5.74, 6) is 6.21. The smallest absolute Gasteiger partial charge is 0.404 e. The molecule has 0 atom stereocenters. The second-order valence-corrected chi connectivity index (χ2v) is 4.52. The Kier molecular flexibility index (Phi) is 7.93. The lowest BCUT2D eigenvalue weighted by atomic mass is 10.1. The van der Waals surface area contributed by atoms with Crippen molar-refractivity contribution in [1.29, 1.82) is 0 Å². The SMILES string of the molecule is O=C(O)NCCCc1cccc(C#CCCCCO)c1. The molecule has 0 radical (unpaired) electrons. The van der Waals surface area contributed by atoms with Gasteiger partial charge in [-0.2, -0.15) is 0 Å². The molecule has 1 aromatic rings. The van der Waals surface area contributed by atoms with E-state index in [1.807, 2.05) is 24.3 Å². The molecule has 4 nitrogen and oxygen atoms in total. The van der Waals surface area contributed by atoms with Crippen LogP contribution in [0.4, 0.5) is 4.79 Å². The average molecular weight is 275 g/mol. The summed E-state index contributed by atoms with van der Waals surface area (Å²) in [4.78, 5) is 10.3. The average Bonchev–Trinajstić information content (AvgIpc) is 2.44. The van der Waals surface area contributed by atoms with Crippen LogP contribution in [0.15, 0.2) is 24.3 Å². The van der Waals surface area contributed by atoms with Crippen molar-refractivity contribution in [2.45, 2.75) is 32.1 Å². The Labute approximate surface area is 119 Å². The van der Waals surface area contributed by atoms with Gasteiger partial charge in [0.1, 0.15) is 0 Å². The van der Waals surface area contributed by atoms with Crippen molar-refractivity contribution in [2.75, 3.05) is 13.2 Å². The molecule has 0 bridgehead atoms. The van der Waals surface area contributed by atoms with Gasteiger partial charge in [0.15, 0.2) is 0 Å². The van der Waals surface area contributed by atoms with E-state index in [1.165, 1.54) is 5.56 Å². The second-order valence-electron chi connectivity index (χ2n) is 4.52. The lowest BCUT2D eigenvalue weighted by Crippen LogP contribution is -2.22. The predicted molar refractivity (Wildman–Crippen MR) is 78.6 cm³/mol. The topological polar surface area (TPSA) is 69.6 Å². The van der Waals surface area contributed by atoms with Gasteiger partial charge in [-0.05, 0) is 43.4 Å². The fourth-order valence-corrected chi connectivity index (χ4v) is 1.78. The summed E-state index contributed by atoms with van der Waals surface area (Å²) >= 11 is 0. The molecule has 0 saturated carbocycles. The summed E-state index contributed by atoms with van der Waals surface area (Å²) in [5, 5.41) is 19.5. The number of carbonyl (C=O) groups is 1. The highest BCUT2D eigenvalue weighted by atomic mass is 16.4. The summed E-state index contributed by atoms with van der Waals surface area (Å²) in [6, 6.07) is 8.01. The van der Waals surface area contributed by atoms with Gasteiger partial charge < -0.3 is 15.5 Å². The van der Waals surface area contributed by atoms with Gasteiger partial charge in [0, 0.05) is 25.1 Å². The van der Waals surface area contributed by atoms with E-state index in [-0.39, 0.29) is 6.61 Å². The lowest BCUT2D eigenvalue weighted by molar-refractivity contribution is 0.194. The third kappa shape index (κ3) is 7.45. The molecule has 1 rings (SSSR count). The van der Waals surface area contributed by atoms with Crippen LogP contribution >= 0.6 is 0 Å². The van der Waals surface area contributed by atoms with Crippen LogP contribution < -0.4 is 5.32 Å². The van der Waals surface area contributed by atoms with Gasteiger partial charge in [0.2, 0.25) is 0 Å². The van der Waals surface area contributed by atoms with Crippen LogP contribution in [-0.2, 0) is 6.42 Å². The number of hydrogen-bond acceptors (Lipinski definition) is 2. The molecule has 0 aliphatic carbocycles. The quantitative estimate of drug-likeness (QED) is 0.528. The highest BCUT2D eigenvalue weighted by Gasteiger charge is 1.96. The number of aliphatic hydroxyl groups excluding tert-OH is 1. The number of hydrogen-bond donors (Lipinski definition) is 3. The van der Waals surface area contributed by atoms with Crippen molar-refractivity contribution in [3.8, 4) is 11.8 Å². The van der Waals surface area contributed by atoms with Gasteiger partial charge in [-0.25, -0.2) is 4.79 Å². The van der Waals surface area contributed by atoms with Gasteiger partial charge in [-0.15, -0.1) is 0 Å². The third-order valence-electron chi connectivity index (χ3n) is 2.79. The van der Waals surface area contributed by atoms with Crippen LogP contribution in [0.1, 0.15) is 36.8 Å². The van der Waals surface area contributed by atoms with Crippen LogP contribution in [0.3, 0.4) is 0 Å². The van der Waals surface area contributed by atoms with Crippen LogP contribution in [0.5, 0.6) is 0 Å². The zero-order chi connectivity index (χ0) is 14.6. The molecule has 1 aromatic carbocycles. The highest BCUT2D eigenvalue weighted by molar-refractivity contribution is 5.64. The molecule has 0 spiro atoms. The Morgan fingerprint density at radius 1 is 1.25 bits per heavy atom. The zero-order valence-corrected chi connectivity index (χ0v) is 11.6. The van der Waals surface area contributed by atoms with Crippen molar-refractivity contribution < 1.29 is 15.0 Å². The Balaban J connectivity index is 2.38. The van der Waals surface area contributed by atoms with E-state index in [1.54, 1.807) is 0 Å². The van der Waals surface area contributed by atoms with E-state index >= 15 is 0 Å². The molecule has 4 heteroatoms. The minimum absolute atomic E-state index is 0.224. The van der Waals surface area contributed by atoms with Gasteiger partial charge >= 0.3 is 6.09 Å². The maximum absolute atomic E-state index is 10.3. The molecule has 0 fully saturated rings. The Morgan fingerprint density at radius 3 is 2.85 bits per heavy atom. The molecule has 0 aliphatic rings. The largest absolute Gasteiger partial charge is 0.465 e. The summed E-state index contributed by atoms with van der Waals surface area (Å²) in [6.07, 6.45) is 3.15. The van der Waals surface area contributed by atoms with Crippen LogP contribution in [-0.4, -0.2) is 29.5 Å². The minimum Gasteiger partial charge on any atom is -0.465 e. The number of benzene rings is 1. The molecule has 108 valence electrons. The van der Waals surface area contributed by atoms with Crippen LogP contribution in [0, 0.1) is 11.8 Å². The number of amides is 1. The Morgan fingerprint density at radius 2 is 2.10 bits per heavy atom. The third-order valence-corrected chi connectivity index (χ3v) is 2.79. The van der Waals surface area contributed by atoms with Gasteiger partial charge in [0.05, 0.1) is 0 Å². The molecule has 1 amide bonds. The summed E-state index contributed by atoms with van der Waals surface area (Å²) < 4.78 is 0. The molecule has 0 heterocycles. The number of rotatable bonds is 7. The minimum atomic E-state index is -0.979. The first-order chi connectivity index (χ1) is 9.72. The highest BCUT2D eigenvalue weighted by Crippen LogP contribution is 2.06. The number of nitrogens with one attached hydrogen (secondary N) is 1. The van der Waals surface area contributed by atoms with Crippen molar-refractivity contribution >= 4 is 6.09 Å². The Bertz CT molecular complexity index is 474. The number of aryl methyl sites for hydroxylation is 1. The number of aliphatic hydroxyl groups is 1. The van der Waals surface area contributed by atoms with Crippen LogP contribution in [0.25, 0.3) is 0 Å².